The fourth-order valence-electron chi connectivity index (χ4n) is 4.05. The van der Waals surface area contributed by atoms with Gasteiger partial charge in [0.25, 0.3) is 5.91 Å². The molecule has 2 aliphatic rings. The first-order valence-electron chi connectivity index (χ1n) is 11.4. The van der Waals surface area contributed by atoms with Gasteiger partial charge >= 0.3 is 0 Å². The number of anilines is 1. The van der Waals surface area contributed by atoms with Gasteiger partial charge in [-0.3, -0.25) is 9.78 Å². The Morgan fingerprint density at radius 3 is 3.03 bits per heavy atom. The zero-order chi connectivity index (χ0) is 24.1. The molecule has 1 saturated heterocycles. The predicted octanol–water partition coefficient (Wildman–Crippen LogP) is 4.15. The van der Waals surface area contributed by atoms with E-state index >= 15 is 0 Å². The molecule has 2 unspecified atom stereocenters. The molecule has 2 aliphatic heterocycles. The molecule has 9 heteroatoms. The first kappa shape index (κ1) is 24.4. The van der Waals surface area contributed by atoms with Crippen LogP contribution >= 0.6 is 23.8 Å². The van der Waals surface area contributed by atoms with Gasteiger partial charge in [0, 0.05) is 53.8 Å². The van der Waals surface area contributed by atoms with E-state index in [9.17, 15) is 4.79 Å². The van der Waals surface area contributed by atoms with Gasteiger partial charge in [-0.05, 0) is 43.5 Å². The van der Waals surface area contributed by atoms with Crippen molar-refractivity contribution in [3.8, 4) is 5.75 Å². The van der Waals surface area contributed by atoms with Crippen molar-refractivity contribution in [2.24, 2.45) is 5.92 Å². The van der Waals surface area contributed by atoms with E-state index < -0.39 is 0 Å². The average Bonchev–Trinajstić information content (AvgIpc) is 3.35. The van der Waals surface area contributed by atoms with Gasteiger partial charge < -0.3 is 25.4 Å². The summed E-state index contributed by atoms with van der Waals surface area (Å²) in [4.78, 5) is 17.4. The van der Waals surface area contributed by atoms with Crippen molar-refractivity contribution in [2.75, 3.05) is 25.1 Å². The van der Waals surface area contributed by atoms with Gasteiger partial charge in [0.1, 0.15) is 17.3 Å². The summed E-state index contributed by atoms with van der Waals surface area (Å²) < 4.78 is 11.7. The van der Waals surface area contributed by atoms with Crippen molar-refractivity contribution in [2.45, 2.75) is 39.3 Å². The molecular weight excluding hydrogens is 472 g/mol. The third-order valence-electron chi connectivity index (χ3n) is 6.09. The van der Waals surface area contributed by atoms with E-state index in [1.54, 1.807) is 12.4 Å². The summed E-state index contributed by atoms with van der Waals surface area (Å²) in [6, 6.07) is 7.47. The molecule has 0 spiro atoms. The fourth-order valence-corrected chi connectivity index (χ4v) is 4.54. The molecule has 2 aromatic rings. The molecular formula is C25H29ClN4O3S. The van der Waals surface area contributed by atoms with Crippen LogP contribution in [0.15, 0.2) is 47.9 Å². The number of nitrogens with zero attached hydrogens (tertiary/aromatic N) is 1. The van der Waals surface area contributed by atoms with E-state index in [1.807, 2.05) is 31.2 Å². The number of thiocarbonyl (C=S) groups is 1. The lowest BCUT2D eigenvalue weighted by Gasteiger charge is -2.28. The summed E-state index contributed by atoms with van der Waals surface area (Å²) in [6.45, 7) is 6.25. The Balaban J connectivity index is 1.52. The largest absolute Gasteiger partial charge is 0.489 e. The first-order valence-corrected chi connectivity index (χ1v) is 12.2. The van der Waals surface area contributed by atoms with Crippen LogP contribution in [0, 0.1) is 12.8 Å². The zero-order valence-corrected chi connectivity index (χ0v) is 20.9. The second-order valence-electron chi connectivity index (χ2n) is 8.55. The molecule has 3 N–H and O–H groups in total. The minimum absolute atomic E-state index is 0.0611. The molecule has 7 nitrogen and oxygen atoms in total. The van der Waals surface area contributed by atoms with Gasteiger partial charge in [0.05, 0.1) is 17.9 Å². The van der Waals surface area contributed by atoms with Crippen LogP contribution < -0.4 is 20.7 Å². The second kappa shape index (κ2) is 11.2. The molecule has 1 aromatic carbocycles. The Hall–Kier alpha value is -2.68. The van der Waals surface area contributed by atoms with Crippen LogP contribution in [0.4, 0.5) is 5.69 Å². The molecule has 0 radical (unpaired) electrons. The number of benzene rings is 1. The fraction of sp³-hybridized carbons (Fsp3) is 0.400. The Labute approximate surface area is 210 Å². The molecule has 3 heterocycles. The smallest absolute Gasteiger partial charge is 0.256 e. The second-order valence-corrected chi connectivity index (χ2v) is 9.36. The molecule has 180 valence electrons. The Morgan fingerprint density at radius 2 is 2.24 bits per heavy atom. The van der Waals surface area contributed by atoms with Gasteiger partial charge in [-0.15, -0.1) is 0 Å². The summed E-state index contributed by atoms with van der Waals surface area (Å²) in [6.07, 6.45) is 5.64. The highest BCUT2D eigenvalue weighted by Crippen LogP contribution is 2.26. The van der Waals surface area contributed by atoms with Crippen LogP contribution in [-0.4, -0.2) is 41.7 Å². The van der Waals surface area contributed by atoms with Gasteiger partial charge in [0.2, 0.25) is 0 Å². The lowest BCUT2D eigenvalue weighted by atomic mass is 9.97. The Kier molecular flexibility index (Phi) is 8.03. The van der Waals surface area contributed by atoms with Crippen LogP contribution in [0.5, 0.6) is 5.75 Å². The van der Waals surface area contributed by atoms with Crippen LogP contribution in [0.3, 0.4) is 0 Å². The molecule has 4 rings (SSSR count). The molecule has 0 bridgehead atoms. The maximum absolute atomic E-state index is 12.9. The number of nitrogens with one attached hydrogen (secondary N) is 3. The topological polar surface area (TPSA) is 84.5 Å². The van der Waals surface area contributed by atoms with E-state index in [0.717, 1.165) is 42.0 Å². The number of rotatable bonds is 8. The summed E-state index contributed by atoms with van der Waals surface area (Å²) in [5.41, 5.74) is 3.82. The standard InChI is InChI=1S/C25H29ClN4O3S/c1-15-11-29-24(31)22(25(34)30-20-7-3-6-19(26)16(20)2)23(15)28-12-17-8-9-27-13-21(17)33-14-18-5-4-10-32-18/h3,6-9,13,15,18,28H,4-5,10-12,14H2,1-2H3,(H,29,31)(H,30,34). The number of amides is 1. The highest BCUT2D eigenvalue weighted by Gasteiger charge is 2.29. The lowest BCUT2D eigenvalue weighted by molar-refractivity contribution is -0.117. The Bertz CT molecular complexity index is 1100. The average molecular weight is 501 g/mol. The molecule has 1 aromatic heterocycles. The maximum Gasteiger partial charge on any atom is 0.256 e. The van der Waals surface area contributed by atoms with Crippen molar-refractivity contribution in [1.82, 2.24) is 15.6 Å². The molecule has 2 atom stereocenters. The maximum atomic E-state index is 12.9. The Morgan fingerprint density at radius 1 is 1.38 bits per heavy atom. The van der Waals surface area contributed by atoms with Crippen LogP contribution in [-0.2, 0) is 16.1 Å². The number of hydrogen-bond donors (Lipinski definition) is 3. The SMILES string of the molecule is Cc1c(Cl)cccc1NC(=S)C1=C(NCc2ccncc2OCC2CCCO2)C(C)CNC1=O. The lowest BCUT2D eigenvalue weighted by Crippen LogP contribution is -2.43. The van der Waals surface area contributed by atoms with Crippen molar-refractivity contribution >= 4 is 40.4 Å². The minimum atomic E-state index is -0.206. The number of carbonyl (C=O) groups is 1. The van der Waals surface area contributed by atoms with Crippen molar-refractivity contribution in [3.05, 3.63) is 64.1 Å². The number of carbonyl (C=O) groups excluding carboxylic acids is 1. The van der Waals surface area contributed by atoms with Gasteiger partial charge in [-0.2, -0.15) is 0 Å². The van der Waals surface area contributed by atoms with Crippen LogP contribution in [0.2, 0.25) is 5.02 Å². The van der Waals surface area contributed by atoms with E-state index in [1.165, 1.54) is 0 Å². The molecule has 34 heavy (non-hydrogen) atoms. The zero-order valence-electron chi connectivity index (χ0n) is 19.3. The van der Waals surface area contributed by atoms with E-state index in [2.05, 4.69) is 27.9 Å². The predicted molar refractivity (Wildman–Crippen MR) is 137 cm³/mol. The third kappa shape index (κ3) is 5.68. The minimum Gasteiger partial charge on any atom is -0.489 e. The van der Waals surface area contributed by atoms with Crippen molar-refractivity contribution < 1.29 is 14.3 Å². The number of ether oxygens (including phenoxy) is 2. The summed E-state index contributed by atoms with van der Waals surface area (Å²) >= 11 is 11.9. The van der Waals surface area contributed by atoms with E-state index in [0.29, 0.717) is 41.0 Å². The normalized spacial score (nSPS) is 20.1. The number of aromatic nitrogens is 1. The monoisotopic (exact) mass is 500 g/mol. The molecule has 0 aliphatic carbocycles. The van der Waals surface area contributed by atoms with Crippen LogP contribution in [0.1, 0.15) is 30.9 Å². The molecule has 1 amide bonds. The third-order valence-corrected chi connectivity index (χ3v) is 6.80. The molecule has 0 saturated carbocycles. The first-order chi connectivity index (χ1) is 16.4. The number of hydrogen-bond acceptors (Lipinski definition) is 6. The quantitative estimate of drug-likeness (QED) is 0.469. The summed E-state index contributed by atoms with van der Waals surface area (Å²) in [5.74, 6) is 0.559. The van der Waals surface area contributed by atoms with Gasteiger partial charge in [-0.1, -0.05) is 36.8 Å². The highest BCUT2D eigenvalue weighted by molar-refractivity contribution is 7.81. The molecule has 1 fully saturated rings. The number of halogens is 1. The van der Waals surface area contributed by atoms with Gasteiger partial charge in [0.15, 0.2) is 0 Å². The van der Waals surface area contributed by atoms with E-state index in [4.69, 9.17) is 33.3 Å². The summed E-state index contributed by atoms with van der Waals surface area (Å²) in [5, 5.41) is 10.2. The summed E-state index contributed by atoms with van der Waals surface area (Å²) in [7, 11) is 0. The van der Waals surface area contributed by atoms with Crippen molar-refractivity contribution in [3.63, 3.8) is 0 Å². The van der Waals surface area contributed by atoms with Crippen LogP contribution in [0.25, 0.3) is 0 Å². The van der Waals surface area contributed by atoms with E-state index in [-0.39, 0.29) is 17.9 Å². The number of pyridine rings is 1. The van der Waals surface area contributed by atoms with Crippen molar-refractivity contribution in [1.29, 1.82) is 0 Å². The highest BCUT2D eigenvalue weighted by atomic mass is 35.5. The van der Waals surface area contributed by atoms with Gasteiger partial charge in [-0.25, -0.2) is 0 Å².